The van der Waals surface area contributed by atoms with Crippen molar-refractivity contribution < 1.29 is 38.1 Å². The first-order valence-electron chi connectivity index (χ1n) is 19.0. The second-order valence-electron chi connectivity index (χ2n) is 16.0. The normalized spacial score (nSPS) is 21.8. The summed E-state index contributed by atoms with van der Waals surface area (Å²) in [5, 5.41) is 17.9. The number of urea groups is 1. The summed E-state index contributed by atoms with van der Waals surface area (Å²) in [6, 6.07) is 12.9. The van der Waals surface area contributed by atoms with Crippen LogP contribution in [0.3, 0.4) is 0 Å². The quantitative estimate of drug-likeness (QED) is 0.196. The molecule has 3 aromatic rings. The number of methoxy groups -OCH3 is 1. The number of nitrogens with zero attached hydrogens (tertiary/aromatic N) is 5. The van der Waals surface area contributed by atoms with Gasteiger partial charge < -0.3 is 30.1 Å². The van der Waals surface area contributed by atoms with Gasteiger partial charge in [0, 0.05) is 73.7 Å². The van der Waals surface area contributed by atoms with Gasteiger partial charge >= 0.3 is 18.0 Å². The second kappa shape index (κ2) is 16.2. The smallest absolute Gasteiger partial charge is 0.337 e. The Hall–Kier alpha value is -5.87. The third kappa shape index (κ3) is 8.38. The predicted octanol–water partition coefficient (Wildman–Crippen LogP) is 5.61. The summed E-state index contributed by atoms with van der Waals surface area (Å²) in [6.45, 7) is 9.38. The number of carbonyl (C=O) groups is 4. The molecule has 0 spiro atoms. The lowest BCUT2D eigenvalue weighted by Crippen LogP contribution is -2.54. The number of hydrogen-bond donors (Lipinski definition) is 3. The van der Waals surface area contributed by atoms with Crippen LogP contribution in [0.15, 0.2) is 100 Å². The van der Waals surface area contributed by atoms with Crippen molar-refractivity contribution in [2.45, 2.75) is 39.8 Å². The molecular formula is C42H46FN7O7S. The van der Waals surface area contributed by atoms with Gasteiger partial charge in [0.25, 0.3) is 5.91 Å². The summed E-state index contributed by atoms with van der Waals surface area (Å²) in [6.07, 6.45) is 6.46. The number of hydrogen-bond acceptors (Lipinski definition) is 11. The number of amidine groups is 1. The molecule has 1 aromatic heterocycles. The molecule has 2 fully saturated rings. The van der Waals surface area contributed by atoms with Crippen molar-refractivity contribution in [1.29, 1.82) is 0 Å². The number of carboxylic acid groups (broad SMARTS) is 1. The fourth-order valence-corrected chi connectivity index (χ4v) is 8.19. The van der Waals surface area contributed by atoms with Crippen LogP contribution < -0.4 is 20.3 Å². The van der Waals surface area contributed by atoms with E-state index < -0.39 is 28.8 Å². The minimum Gasteiger partial charge on any atom is -0.481 e. The number of esters is 1. The van der Waals surface area contributed by atoms with Crippen LogP contribution in [0.5, 0.6) is 11.5 Å². The Kier molecular flexibility index (Phi) is 11.2. The first-order chi connectivity index (χ1) is 27.6. The van der Waals surface area contributed by atoms with E-state index in [4.69, 9.17) is 14.5 Å². The van der Waals surface area contributed by atoms with Crippen molar-refractivity contribution >= 4 is 46.7 Å². The zero-order valence-electron chi connectivity index (χ0n) is 32.9. The predicted molar refractivity (Wildman–Crippen MR) is 217 cm³/mol. The third-order valence-corrected chi connectivity index (χ3v) is 11.7. The number of rotatable bonds is 12. The average Bonchev–Trinajstić information content (AvgIpc) is 3.85. The molecule has 3 aliphatic heterocycles. The zero-order valence-corrected chi connectivity index (χ0v) is 33.7. The number of nitrogens with one attached hydrogen (secondary N) is 2. The summed E-state index contributed by atoms with van der Waals surface area (Å²) < 4.78 is 25.8. The van der Waals surface area contributed by atoms with Crippen LogP contribution in [-0.4, -0.2) is 108 Å². The fraction of sp³-hybridized carbons (Fsp3) is 0.381. The van der Waals surface area contributed by atoms with Crippen molar-refractivity contribution in [3.8, 4) is 11.5 Å². The number of benzene rings is 2. The summed E-state index contributed by atoms with van der Waals surface area (Å²) in [5.41, 5.74) is 0.371. The number of piperazine rings is 1. The zero-order chi connectivity index (χ0) is 41.4. The molecule has 1 aliphatic carbocycles. The SMILES string of the molecule is COC(=O)C1=C(CN2CCN3C(=O)N(c4ccc(Oc5ccc(C(=O)NCC(C)(C)C(=O)O)cc5)cc4)C[C@@H]3C2)NC(c2nccs2)=N[C@H]1C1C=CC(F)=CC1(C)C. The number of aliphatic carboxylic acids is 1. The van der Waals surface area contributed by atoms with Gasteiger partial charge in [0.15, 0.2) is 10.8 Å². The Morgan fingerprint density at radius 1 is 1.07 bits per heavy atom. The Bertz CT molecular complexity index is 2200. The van der Waals surface area contributed by atoms with Crippen LogP contribution in [0, 0.1) is 16.7 Å². The monoisotopic (exact) mass is 811 g/mol. The number of anilines is 1. The van der Waals surface area contributed by atoms with Gasteiger partial charge in [0.05, 0.1) is 30.2 Å². The molecular weight excluding hydrogens is 766 g/mol. The van der Waals surface area contributed by atoms with Gasteiger partial charge in [0.1, 0.15) is 17.3 Å². The van der Waals surface area contributed by atoms with E-state index in [2.05, 4.69) is 20.5 Å². The molecule has 1 unspecified atom stereocenters. The van der Waals surface area contributed by atoms with Crippen molar-refractivity contribution in [3.63, 3.8) is 0 Å². The molecule has 14 nitrogen and oxygen atoms in total. The molecule has 2 saturated heterocycles. The molecule has 0 bridgehead atoms. The molecule has 3 amide bonds. The molecule has 16 heteroatoms. The maximum absolute atomic E-state index is 14.4. The largest absolute Gasteiger partial charge is 0.481 e. The highest BCUT2D eigenvalue weighted by molar-refractivity contribution is 7.11. The molecule has 0 radical (unpaired) electrons. The van der Waals surface area contributed by atoms with Gasteiger partial charge in [-0.3, -0.25) is 24.4 Å². The summed E-state index contributed by atoms with van der Waals surface area (Å²) in [4.78, 5) is 66.5. The standard InChI is InChI=1S/C42H46FN7O7S/c1-41(2)20-26(43)8-15-31(41)34-33(38(52)56-5)32(46-35(47-34)37-44-16-19-58-37)23-48-17-18-49-28(21-48)22-50(40(49)55)27-9-13-30(14-10-27)57-29-11-6-25(7-12-29)36(51)45-24-42(3,4)39(53)54/h6-16,19-20,28,31,34H,17-18,21-24H2,1-5H3,(H,45,51)(H,46,47)(H,53,54)/t28-,31?,34-/m0/s1. The van der Waals surface area contributed by atoms with Crippen LogP contribution >= 0.6 is 11.3 Å². The maximum atomic E-state index is 14.4. The van der Waals surface area contributed by atoms with Crippen LogP contribution in [0.25, 0.3) is 0 Å². The van der Waals surface area contributed by atoms with E-state index in [1.165, 1.54) is 24.5 Å². The number of aromatic nitrogens is 1. The van der Waals surface area contributed by atoms with E-state index in [0.29, 0.717) is 71.9 Å². The first kappa shape index (κ1) is 40.3. The van der Waals surface area contributed by atoms with E-state index in [1.807, 2.05) is 36.3 Å². The Labute approximate surface area is 339 Å². The number of allylic oxidation sites excluding steroid dienone is 3. The lowest BCUT2D eigenvalue weighted by molar-refractivity contribution is -0.146. The number of fused-ring (bicyclic) bond motifs is 1. The highest BCUT2D eigenvalue weighted by Gasteiger charge is 2.45. The average molecular weight is 812 g/mol. The number of amides is 3. The van der Waals surface area contributed by atoms with Gasteiger partial charge in [-0.25, -0.2) is 19.0 Å². The Morgan fingerprint density at radius 3 is 2.41 bits per heavy atom. The third-order valence-electron chi connectivity index (χ3n) is 11.0. The van der Waals surface area contributed by atoms with Gasteiger partial charge in [-0.05, 0) is 79.9 Å². The lowest BCUT2D eigenvalue weighted by atomic mass is 9.70. The van der Waals surface area contributed by atoms with Crippen molar-refractivity contribution in [2.75, 3.05) is 51.3 Å². The van der Waals surface area contributed by atoms with Crippen LogP contribution in [0.2, 0.25) is 0 Å². The molecule has 4 aliphatic rings. The number of thiazole rings is 1. The molecule has 2 aromatic carbocycles. The molecule has 0 saturated carbocycles. The maximum Gasteiger partial charge on any atom is 0.337 e. The topological polar surface area (TPSA) is 166 Å². The molecule has 58 heavy (non-hydrogen) atoms. The molecule has 7 rings (SSSR count). The van der Waals surface area contributed by atoms with E-state index >= 15 is 0 Å². The van der Waals surface area contributed by atoms with E-state index in [9.17, 15) is 28.7 Å². The molecule has 3 atom stereocenters. The number of aliphatic imine (C=N–C) groups is 1. The van der Waals surface area contributed by atoms with Crippen LogP contribution in [0.1, 0.15) is 43.1 Å². The van der Waals surface area contributed by atoms with Crippen molar-refractivity contribution in [2.24, 2.45) is 21.7 Å². The van der Waals surface area contributed by atoms with Crippen LogP contribution in [-0.2, 0) is 14.3 Å². The van der Waals surface area contributed by atoms with Crippen molar-refractivity contribution in [1.82, 2.24) is 25.4 Å². The van der Waals surface area contributed by atoms with Gasteiger partial charge in [-0.2, -0.15) is 0 Å². The second-order valence-corrected chi connectivity index (χ2v) is 16.9. The van der Waals surface area contributed by atoms with Crippen LogP contribution in [0.4, 0.5) is 14.9 Å². The molecule has 4 heterocycles. The van der Waals surface area contributed by atoms with Gasteiger partial charge in [0.2, 0.25) is 0 Å². The Balaban J connectivity index is 1.02. The fourth-order valence-electron chi connectivity index (χ4n) is 7.61. The Morgan fingerprint density at radius 2 is 1.78 bits per heavy atom. The lowest BCUT2D eigenvalue weighted by Gasteiger charge is -2.40. The first-order valence-corrected chi connectivity index (χ1v) is 19.8. The van der Waals surface area contributed by atoms with E-state index in [-0.39, 0.29) is 36.3 Å². The minimum atomic E-state index is -1.09. The number of halogens is 1. The highest BCUT2D eigenvalue weighted by Crippen LogP contribution is 2.42. The van der Waals surface area contributed by atoms with Gasteiger partial charge in [-0.15, -0.1) is 11.3 Å². The number of carbonyl (C=O) groups excluding carboxylic acids is 3. The summed E-state index contributed by atoms with van der Waals surface area (Å²) >= 11 is 1.43. The highest BCUT2D eigenvalue weighted by atomic mass is 32.1. The van der Waals surface area contributed by atoms with Crippen molar-refractivity contribution in [3.05, 3.63) is 106 Å². The van der Waals surface area contributed by atoms with E-state index in [0.717, 1.165) is 5.69 Å². The minimum absolute atomic E-state index is 0.0125. The number of ether oxygens (including phenoxy) is 2. The number of carboxylic acids is 1. The molecule has 304 valence electrons. The summed E-state index contributed by atoms with van der Waals surface area (Å²) in [5.74, 6) is -0.990. The molecule has 3 N–H and O–H groups in total. The summed E-state index contributed by atoms with van der Waals surface area (Å²) in [7, 11) is 1.34. The van der Waals surface area contributed by atoms with E-state index in [1.54, 1.807) is 73.5 Å². The van der Waals surface area contributed by atoms with Gasteiger partial charge in [-0.1, -0.05) is 19.9 Å².